The summed E-state index contributed by atoms with van der Waals surface area (Å²) in [6.07, 6.45) is 3.83. The monoisotopic (exact) mass is 447 g/mol. The highest BCUT2D eigenvalue weighted by molar-refractivity contribution is 5.82. The molecule has 0 spiro atoms. The van der Waals surface area contributed by atoms with Gasteiger partial charge in [-0.2, -0.15) is 0 Å². The molecule has 9 heteroatoms. The molecule has 0 radical (unpaired) electrons. The van der Waals surface area contributed by atoms with Gasteiger partial charge in [0.2, 0.25) is 0 Å². The van der Waals surface area contributed by atoms with Crippen LogP contribution in [0.1, 0.15) is 39.7 Å². The van der Waals surface area contributed by atoms with Crippen molar-refractivity contribution in [2.75, 3.05) is 40.3 Å². The molecule has 2 rings (SSSR count). The van der Waals surface area contributed by atoms with Crippen LogP contribution in [0.15, 0.2) is 29.5 Å². The number of esters is 1. The molecule has 0 bridgehead atoms. The number of hydrogen-bond donors (Lipinski definition) is 1. The minimum atomic E-state index is -0.562. The molecule has 0 aliphatic carbocycles. The Kier molecular flexibility index (Phi) is 9.28. The van der Waals surface area contributed by atoms with Gasteiger partial charge in [-0.15, -0.1) is 0 Å². The van der Waals surface area contributed by atoms with E-state index in [0.29, 0.717) is 32.6 Å². The van der Waals surface area contributed by atoms with Crippen molar-refractivity contribution in [1.82, 2.24) is 20.1 Å². The van der Waals surface area contributed by atoms with Gasteiger partial charge in [-0.1, -0.05) is 13.0 Å². The van der Waals surface area contributed by atoms with E-state index in [-0.39, 0.29) is 23.9 Å². The van der Waals surface area contributed by atoms with Crippen molar-refractivity contribution in [3.05, 3.63) is 30.1 Å². The van der Waals surface area contributed by atoms with Crippen molar-refractivity contribution in [3.8, 4) is 0 Å². The average Bonchev–Trinajstić information content (AvgIpc) is 3.13. The molecular weight excluding hydrogens is 410 g/mol. The summed E-state index contributed by atoms with van der Waals surface area (Å²) < 4.78 is 10.5. The number of aliphatic imine (C=N–C) groups is 1. The number of ether oxygens (including phenoxy) is 2. The van der Waals surface area contributed by atoms with Crippen molar-refractivity contribution < 1.29 is 19.1 Å². The van der Waals surface area contributed by atoms with Gasteiger partial charge < -0.3 is 24.6 Å². The third-order valence-electron chi connectivity index (χ3n) is 5.26. The van der Waals surface area contributed by atoms with E-state index in [1.165, 1.54) is 7.11 Å². The van der Waals surface area contributed by atoms with Crippen molar-refractivity contribution in [2.45, 2.75) is 46.3 Å². The summed E-state index contributed by atoms with van der Waals surface area (Å²) in [7, 11) is 3.15. The first kappa shape index (κ1) is 25.4. The minimum Gasteiger partial charge on any atom is -0.469 e. The topological polar surface area (TPSA) is 96.4 Å². The number of guanidine groups is 1. The molecule has 1 aromatic rings. The summed E-state index contributed by atoms with van der Waals surface area (Å²) in [5.41, 5.74) is 0.384. The van der Waals surface area contributed by atoms with Gasteiger partial charge in [0, 0.05) is 45.6 Å². The van der Waals surface area contributed by atoms with Gasteiger partial charge in [-0.05, 0) is 44.7 Å². The Balaban J connectivity index is 1.90. The van der Waals surface area contributed by atoms with E-state index in [1.807, 2.05) is 39.8 Å². The summed E-state index contributed by atoms with van der Waals surface area (Å²) in [6.45, 7) is 10.5. The normalized spacial score (nSPS) is 18.9. The van der Waals surface area contributed by atoms with Crippen LogP contribution >= 0.6 is 0 Å². The maximum Gasteiger partial charge on any atom is 0.410 e. The molecule has 1 saturated heterocycles. The smallest absolute Gasteiger partial charge is 0.410 e. The third-order valence-corrected chi connectivity index (χ3v) is 5.26. The second kappa shape index (κ2) is 11.7. The number of hydrogen-bond acceptors (Lipinski definition) is 6. The van der Waals surface area contributed by atoms with E-state index < -0.39 is 5.60 Å². The van der Waals surface area contributed by atoms with Crippen LogP contribution in [0.3, 0.4) is 0 Å². The van der Waals surface area contributed by atoms with Gasteiger partial charge >= 0.3 is 12.1 Å². The van der Waals surface area contributed by atoms with Gasteiger partial charge in [0.15, 0.2) is 5.96 Å². The number of nitrogens with one attached hydrogen (secondary N) is 1. The molecule has 1 aliphatic rings. The first-order valence-electron chi connectivity index (χ1n) is 11.0. The van der Waals surface area contributed by atoms with E-state index in [1.54, 1.807) is 24.3 Å². The maximum atomic E-state index is 12.7. The molecule has 2 heterocycles. The van der Waals surface area contributed by atoms with Crippen molar-refractivity contribution in [2.24, 2.45) is 16.8 Å². The quantitative estimate of drug-likeness (QED) is 0.297. The van der Waals surface area contributed by atoms with Gasteiger partial charge in [0.25, 0.3) is 0 Å². The zero-order valence-electron chi connectivity index (χ0n) is 20.1. The van der Waals surface area contributed by atoms with E-state index in [0.717, 1.165) is 18.1 Å². The molecule has 1 N–H and O–H groups in total. The first-order valence-corrected chi connectivity index (χ1v) is 11.0. The number of carbonyl (C=O) groups excluding carboxylic acids is 2. The number of rotatable bonds is 7. The molecule has 178 valence electrons. The molecule has 0 aromatic carbocycles. The lowest BCUT2D eigenvalue weighted by Crippen LogP contribution is -2.42. The summed E-state index contributed by atoms with van der Waals surface area (Å²) in [5, 5.41) is 3.35. The number of amides is 1. The van der Waals surface area contributed by atoms with Crippen molar-refractivity contribution >= 4 is 18.0 Å². The second-order valence-corrected chi connectivity index (χ2v) is 9.10. The zero-order chi connectivity index (χ0) is 23.7. The van der Waals surface area contributed by atoms with Gasteiger partial charge in [0.1, 0.15) is 5.60 Å². The molecule has 1 amide bonds. The van der Waals surface area contributed by atoms with Crippen LogP contribution in [0.5, 0.6) is 0 Å². The number of carbonyl (C=O) groups is 2. The standard InChI is InChI=1S/C23H37N5O4/c1-17-14-28(16-19(17)20(29)31-6)21(24-5)26-11-8-12-27(22(30)32-23(2,3)4)15-18-9-7-10-25-13-18/h7,9-10,13,17,19H,8,11-12,14-16H2,1-6H3,(H,24,26). The lowest BCUT2D eigenvalue weighted by Gasteiger charge is -2.28. The Labute approximate surface area is 191 Å². The predicted molar refractivity (Wildman–Crippen MR) is 123 cm³/mol. The summed E-state index contributed by atoms with van der Waals surface area (Å²) in [4.78, 5) is 36.9. The Bertz CT molecular complexity index is 778. The van der Waals surface area contributed by atoms with Crippen LogP contribution in [0.2, 0.25) is 0 Å². The Morgan fingerprint density at radius 3 is 2.69 bits per heavy atom. The highest BCUT2D eigenvalue weighted by Crippen LogP contribution is 2.24. The van der Waals surface area contributed by atoms with Crippen LogP contribution in [-0.4, -0.2) is 78.7 Å². The van der Waals surface area contributed by atoms with Crippen LogP contribution in [0.25, 0.3) is 0 Å². The lowest BCUT2D eigenvalue weighted by atomic mass is 9.99. The van der Waals surface area contributed by atoms with E-state index in [2.05, 4.69) is 20.2 Å². The predicted octanol–water partition coefficient (Wildman–Crippen LogP) is 2.53. The molecule has 32 heavy (non-hydrogen) atoms. The first-order chi connectivity index (χ1) is 15.1. The maximum absolute atomic E-state index is 12.7. The SMILES string of the molecule is CN=C(NCCCN(Cc1cccnc1)C(=O)OC(C)(C)C)N1CC(C)C(C(=O)OC)C1. The largest absolute Gasteiger partial charge is 0.469 e. The Morgan fingerprint density at radius 1 is 1.34 bits per heavy atom. The van der Waals surface area contributed by atoms with Crippen LogP contribution < -0.4 is 5.32 Å². The fourth-order valence-electron chi connectivity index (χ4n) is 3.67. The van der Waals surface area contributed by atoms with Gasteiger partial charge in [-0.25, -0.2) is 4.79 Å². The number of nitrogens with zero attached hydrogens (tertiary/aromatic N) is 4. The second-order valence-electron chi connectivity index (χ2n) is 9.10. The minimum absolute atomic E-state index is 0.152. The van der Waals surface area contributed by atoms with E-state index in [4.69, 9.17) is 9.47 Å². The fourth-order valence-corrected chi connectivity index (χ4v) is 3.67. The molecule has 2 unspecified atom stereocenters. The number of pyridine rings is 1. The molecule has 1 aliphatic heterocycles. The molecule has 1 fully saturated rings. The van der Waals surface area contributed by atoms with Crippen LogP contribution in [0.4, 0.5) is 4.79 Å². The third kappa shape index (κ3) is 7.69. The van der Waals surface area contributed by atoms with Gasteiger partial charge in [-0.3, -0.25) is 14.8 Å². The Hall–Kier alpha value is -2.84. The fraction of sp³-hybridized carbons (Fsp3) is 0.652. The number of likely N-dealkylation sites (tertiary alicyclic amines) is 1. The summed E-state index contributed by atoms with van der Waals surface area (Å²) >= 11 is 0. The molecular formula is C23H37N5O4. The van der Waals surface area contributed by atoms with Crippen molar-refractivity contribution in [1.29, 1.82) is 0 Å². The van der Waals surface area contributed by atoms with Crippen LogP contribution in [-0.2, 0) is 20.8 Å². The van der Waals surface area contributed by atoms with Crippen LogP contribution in [0, 0.1) is 11.8 Å². The number of methoxy groups -OCH3 is 1. The Morgan fingerprint density at radius 2 is 2.09 bits per heavy atom. The van der Waals surface area contributed by atoms with E-state index >= 15 is 0 Å². The molecule has 9 nitrogen and oxygen atoms in total. The lowest BCUT2D eigenvalue weighted by molar-refractivity contribution is -0.145. The van der Waals surface area contributed by atoms with Gasteiger partial charge in [0.05, 0.1) is 19.6 Å². The summed E-state index contributed by atoms with van der Waals surface area (Å²) in [6, 6.07) is 3.80. The zero-order valence-corrected chi connectivity index (χ0v) is 20.1. The summed E-state index contributed by atoms with van der Waals surface area (Å²) in [5.74, 6) is 0.613. The highest BCUT2D eigenvalue weighted by Gasteiger charge is 2.36. The highest BCUT2D eigenvalue weighted by atomic mass is 16.6. The molecule has 1 aromatic heterocycles. The number of aromatic nitrogens is 1. The average molecular weight is 448 g/mol. The molecule has 2 atom stereocenters. The van der Waals surface area contributed by atoms with E-state index in [9.17, 15) is 9.59 Å². The molecule has 0 saturated carbocycles. The van der Waals surface area contributed by atoms with Crippen molar-refractivity contribution in [3.63, 3.8) is 0 Å².